The first-order valence-electron chi connectivity index (χ1n) is 7.58. The van der Waals surface area contributed by atoms with E-state index in [1.165, 1.54) is 13.2 Å². The quantitative estimate of drug-likeness (QED) is 0.832. The molecular formula is C15H21NO5S2. The second-order valence-electron chi connectivity index (χ2n) is 6.34. The van der Waals surface area contributed by atoms with Gasteiger partial charge < -0.3 is 10.1 Å². The van der Waals surface area contributed by atoms with Gasteiger partial charge in [-0.3, -0.25) is 0 Å². The van der Waals surface area contributed by atoms with Crippen LogP contribution in [0.3, 0.4) is 0 Å². The molecule has 6 nitrogen and oxygen atoms in total. The molecule has 1 aliphatic carbocycles. The maximum atomic E-state index is 12.9. The fourth-order valence-corrected chi connectivity index (χ4v) is 7.79. The van der Waals surface area contributed by atoms with Crippen LogP contribution in [-0.4, -0.2) is 52.8 Å². The number of rotatable bonds is 5. The van der Waals surface area contributed by atoms with E-state index in [2.05, 4.69) is 5.32 Å². The molecule has 1 aromatic carbocycles. The number of sulfone groups is 2. The second-order valence-corrected chi connectivity index (χ2v) is 10.7. The second kappa shape index (κ2) is 5.75. The van der Waals surface area contributed by atoms with Crippen LogP contribution in [-0.2, 0) is 19.7 Å². The fourth-order valence-electron chi connectivity index (χ4n) is 3.03. The number of methoxy groups -OCH3 is 1. The maximum absolute atomic E-state index is 12.9. The highest BCUT2D eigenvalue weighted by atomic mass is 32.2. The number of hydrogen-bond acceptors (Lipinski definition) is 6. The van der Waals surface area contributed by atoms with Crippen LogP contribution in [0.4, 0.5) is 0 Å². The summed E-state index contributed by atoms with van der Waals surface area (Å²) in [6.07, 6.45) is 1.95. The third-order valence-electron chi connectivity index (χ3n) is 4.42. The van der Waals surface area contributed by atoms with E-state index in [1.807, 2.05) is 0 Å². The Balaban J connectivity index is 1.94. The van der Waals surface area contributed by atoms with Gasteiger partial charge in [0.1, 0.15) is 5.75 Å². The lowest BCUT2D eigenvalue weighted by molar-refractivity contribution is 0.411. The van der Waals surface area contributed by atoms with E-state index in [0.717, 1.165) is 12.8 Å². The topological polar surface area (TPSA) is 89.5 Å². The van der Waals surface area contributed by atoms with E-state index in [9.17, 15) is 16.8 Å². The smallest absolute Gasteiger partial charge is 0.183 e. The van der Waals surface area contributed by atoms with Crippen molar-refractivity contribution in [3.05, 3.63) is 23.8 Å². The van der Waals surface area contributed by atoms with E-state index >= 15 is 0 Å². The average molecular weight is 359 g/mol. The lowest BCUT2D eigenvalue weighted by Gasteiger charge is -2.20. The molecule has 1 aromatic rings. The van der Waals surface area contributed by atoms with Crippen molar-refractivity contribution in [1.82, 2.24) is 5.32 Å². The Labute approximate surface area is 137 Å². The minimum absolute atomic E-state index is 0.109. The zero-order valence-corrected chi connectivity index (χ0v) is 14.8. The first-order valence-corrected chi connectivity index (χ1v) is 10.9. The van der Waals surface area contributed by atoms with Crippen LogP contribution in [0.25, 0.3) is 0 Å². The molecule has 1 saturated carbocycles. The molecule has 128 valence electrons. The molecule has 1 N–H and O–H groups in total. The Hall–Kier alpha value is -1.12. The highest BCUT2D eigenvalue weighted by molar-refractivity contribution is 7.96. The summed E-state index contributed by atoms with van der Waals surface area (Å²) in [5.74, 6) is 0.184. The molecule has 3 rings (SSSR count). The van der Waals surface area contributed by atoms with Crippen molar-refractivity contribution in [1.29, 1.82) is 0 Å². The lowest BCUT2D eigenvalue weighted by atomic mass is 10.2. The summed E-state index contributed by atoms with van der Waals surface area (Å²) in [7, 11) is -5.54. The first-order chi connectivity index (χ1) is 10.7. The summed E-state index contributed by atoms with van der Waals surface area (Å²) in [5.41, 5.74) is 0.709. The monoisotopic (exact) mass is 359 g/mol. The molecule has 2 fully saturated rings. The summed E-state index contributed by atoms with van der Waals surface area (Å²) in [4.78, 5) is 0.153. The van der Waals surface area contributed by atoms with E-state index in [-0.39, 0.29) is 22.4 Å². The van der Waals surface area contributed by atoms with Crippen LogP contribution in [0.1, 0.15) is 18.4 Å². The Morgan fingerprint density at radius 3 is 2.48 bits per heavy atom. The third kappa shape index (κ3) is 3.39. The summed E-state index contributed by atoms with van der Waals surface area (Å²) in [6.45, 7) is 1.77. The Kier molecular flexibility index (Phi) is 4.18. The van der Waals surface area contributed by atoms with Crippen molar-refractivity contribution in [2.24, 2.45) is 0 Å². The van der Waals surface area contributed by atoms with Crippen LogP contribution in [0.15, 0.2) is 23.1 Å². The summed E-state index contributed by atoms with van der Waals surface area (Å²) in [5, 5.41) is 2.26. The van der Waals surface area contributed by atoms with Crippen LogP contribution in [0.2, 0.25) is 0 Å². The van der Waals surface area contributed by atoms with Gasteiger partial charge in [0, 0.05) is 12.1 Å². The zero-order chi connectivity index (χ0) is 16.8. The maximum Gasteiger partial charge on any atom is 0.183 e. The summed E-state index contributed by atoms with van der Waals surface area (Å²) < 4.78 is 55.0. The molecule has 2 aliphatic rings. The Morgan fingerprint density at radius 1 is 1.22 bits per heavy atom. The molecule has 0 amide bonds. The minimum atomic E-state index is -3.72. The predicted octanol–water partition coefficient (Wildman–Crippen LogP) is 0.695. The van der Waals surface area contributed by atoms with Crippen LogP contribution in [0, 0.1) is 6.92 Å². The molecular weight excluding hydrogens is 338 g/mol. The first kappa shape index (κ1) is 16.7. The van der Waals surface area contributed by atoms with Gasteiger partial charge in [-0.05, 0) is 43.5 Å². The van der Waals surface area contributed by atoms with Gasteiger partial charge in [-0.1, -0.05) is 0 Å². The van der Waals surface area contributed by atoms with Gasteiger partial charge in [-0.25, -0.2) is 16.8 Å². The zero-order valence-electron chi connectivity index (χ0n) is 13.2. The number of hydrogen-bond donors (Lipinski definition) is 1. The molecule has 0 bridgehead atoms. The normalized spacial score (nSPS) is 27.0. The third-order valence-corrected chi connectivity index (χ3v) is 8.57. The molecule has 0 unspecified atom stereocenters. The fraction of sp³-hybridized carbons (Fsp3) is 0.600. The molecule has 2 atom stereocenters. The molecule has 0 radical (unpaired) electrons. The van der Waals surface area contributed by atoms with Crippen molar-refractivity contribution < 1.29 is 21.6 Å². The minimum Gasteiger partial charge on any atom is -0.496 e. The van der Waals surface area contributed by atoms with Crippen molar-refractivity contribution in [2.45, 2.75) is 42.0 Å². The predicted molar refractivity (Wildman–Crippen MR) is 87.3 cm³/mol. The SMILES string of the molecule is COc1ccc(S(=O)(=O)[C@@H]2CS(=O)(=O)C[C@H]2NC2CC2)cc1C. The highest BCUT2D eigenvalue weighted by Gasteiger charge is 2.47. The number of nitrogens with one attached hydrogen (secondary N) is 1. The summed E-state index contributed by atoms with van der Waals surface area (Å²) >= 11 is 0. The van der Waals surface area contributed by atoms with Crippen LogP contribution >= 0.6 is 0 Å². The van der Waals surface area contributed by atoms with Crippen molar-refractivity contribution in [2.75, 3.05) is 18.6 Å². The van der Waals surface area contributed by atoms with Gasteiger partial charge >= 0.3 is 0 Å². The van der Waals surface area contributed by atoms with Crippen molar-refractivity contribution in [3.63, 3.8) is 0 Å². The molecule has 1 saturated heterocycles. The van der Waals surface area contributed by atoms with Gasteiger partial charge in [0.15, 0.2) is 19.7 Å². The number of benzene rings is 1. The number of aryl methyl sites for hydroxylation is 1. The summed E-state index contributed by atoms with van der Waals surface area (Å²) in [6, 6.07) is 4.37. The van der Waals surface area contributed by atoms with Gasteiger partial charge in [-0.2, -0.15) is 0 Å². The van der Waals surface area contributed by atoms with Gasteiger partial charge in [0.05, 0.1) is 28.8 Å². The highest BCUT2D eigenvalue weighted by Crippen LogP contribution is 2.31. The molecule has 23 heavy (non-hydrogen) atoms. The van der Waals surface area contributed by atoms with Crippen molar-refractivity contribution >= 4 is 19.7 Å². The molecule has 1 heterocycles. The molecule has 0 aromatic heterocycles. The van der Waals surface area contributed by atoms with Gasteiger partial charge in [-0.15, -0.1) is 0 Å². The molecule has 8 heteroatoms. The Bertz CT molecular complexity index is 812. The Morgan fingerprint density at radius 2 is 1.91 bits per heavy atom. The largest absolute Gasteiger partial charge is 0.496 e. The van der Waals surface area contributed by atoms with E-state index in [4.69, 9.17) is 4.74 Å². The van der Waals surface area contributed by atoms with E-state index in [1.54, 1.807) is 19.1 Å². The van der Waals surface area contributed by atoms with E-state index < -0.39 is 31.0 Å². The standard InChI is InChI=1S/C15H21NO5S2/c1-10-7-12(5-6-14(10)21-2)23(19,20)15-9-22(17,18)8-13(15)16-11-3-4-11/h5-7,11,13,15-16H,3-4,8-9H2,1-2H3/t13-,15-/m1/s1. The van der Waals surface area contributed by atoms with Gasteiger partial charge in [0.25, 0.3) is 0 Å². The lowest BCUT2D eigenvalue weighted by Crippen LogP contribution is -2.44. The molecule has 0 spiro atoms. The van der Waals surface area contributed by atoms with E-state index in [0.29, 0.717) is 11.3 Å². The van der Waals surface area contributed by atoms with Crippen LogP contribution in [0.5, 0.6) is 5.75 Å². The van der Waals surface area contributed by atoms with Crippen LogP contribution < -0.4 is 10.1 Å². The number of ether oxygens (including phenoxy) is 1. The van der Waals surface area contributed by atoms with Crippen molar-refractivity contribution in [3.8, 4) is 5.75 Å². The van der Waals surface area contributed by atoms with Gasteiger partial charge in [0.2, 0.25) is 0 Å². The average Bonchev–Trinajstić information content (AvgIpc) is 3.21. The molecule has 1 aliphatic heterocycles.